The van der Waals surface area contributed by atoms with E-state index in [0.29, 0.717) is 11.0 Å². The number of aliphatic hydroxyl groups is 1. The molecule has 0 saturated carbocycles. The molecule has 1 unspecified atom stereocenters. The molecule has 6 heteroatoms. The number of aliphatic hydroxyl groups excluding tert-OH is 1. The lowest BCUT2D eigenvalue weighted by Crippen LogP contribution is -2.42. The van der Waals surface area contributed by atoms with E-state index in [1.807, 2.05) is 21.1 Å². The summed E-state index contributed by atoms with van der Waals surface area (Å²) in [5.41, 5.74) is 0. The first kappa shape index (κ1) is 12.8. The SMILES string of the molecule is C[N+](C)(C)CC(CO)CS(=O)(=O)[O-]. The summed E-state index contributed by atoms with van der Waals surface area (Å²) in [6.45, 7) is 0.203. The minimum atomic E-state index is -4.23. The van der Waals surface area contributed by atoms with E-state index in [1.165, 1.54) is 0 Å². The molecule has 0 heterocycles. The van der Waals surface area contributed by atoms with E-state index < -0.39 is 21.8 Å². The van der Waals surface area contributed by atoms with Crippen LogP contribution in [0.5, 0.6) is 0 Å². The van der Waals surface area contributed by atoms with Gasteiger partial charge in [-0.25, -0.2) is 8.42 Å². The monoisotopic (exact) mass is 211 g/mol. The lowest BCUT2D eigenvalue weighted by Gasteiger charge is -2.28. The van der Waals surface area contributed by atoms with E-state index >= 15 is 0 Å². The van der Waals surface area contributed by atoms with Crippen LogP contribution in [0.3, 0.4) is 0 Å². The molecule has 0 aromatic carbocycles. The van der Waals surface area contributed by atoms with Crippen LogP contribution in [0.15, 0.2) is 0 Å². The Kier molecular flexibility index (Phi) is 4.31. The van der Waals surface area contributed by atoms with Gasteiger partial charge < -0.3 is 14.1 Å². The van der Waals surface area contributed by atoms with Crippen molar-refractivity contribution < 1.29 is 22.6 Å². The van der Waals surface area contributed by atoms with Crippen LogP contribution in [-0.4, -0.2) is 62.6 Å². The smallest absolute Gasteiger partial charge is 0.0951 e. The van der Waals surface area contributed by atoms with Crippen LogP contribution in [0.2, 0.25) is 0 Å². The predicted molar refractivity (Wildman–Crippen MR) is 48.0 cm³/mol. The Balaban J connectivity index is 4.22. The fraction of sp³-hybridized carbons (Fsp3) is 1.00. The van der Waals surface area contributed by atoms with Crippen molar-refractivity contribution in [2.24, 2.45) is 5.92 Å². The van der Waals surface area contributed by atoms with Gasteiger partial charge in [0.2, 0.25) is 0 Å². The third-order valence-corrected chi connectivity index (χ3v) is 2.38. The second-order valence-electron chi connectivity index (χ2n) is 4.25. The van der Waals surface area contributed by atoms with Crippen LogP contribution in [-0.2, 0) is 10.1 Å². The number of rotatable bonds is 5. The Morgan fingerprint density at radius 2 is 1.85 bits per heavy atom. The van der Waals surface area contributed by atoms with Gasteiger partial charge in [-0.15, -0.1) is 0 Å². The Bertz CT molecular complexity index is 242. The summed E-state index contributed by atoms with van der Waals surface area (Å²) in [5, 5.41) is 8.84. The van der Waals surface area contributed by atoms with Crippen molar-refractivity contribution in [2.45, 2.75) is 0 Å². The third kappa shape index (κ3) is 8.17. The van der Waals surface area contributed by atoms with Gasteiger partial charge in [-0.2, -0.15) is 0 Å². The van der Waals surface area contributed by atoms with E-state index in [2.05, 4.69) is 0 Å². The van der Waals surface area contributed by atoms with E-state index in [1.54, 1.807) is 0 Å². The molecule has 0 aliphatic carbocycles. The molecule has 5 nitrogen and oxygen atoms in total. The van der Waals surface area contributed by atoms with Gasteiger partial charge in [-0.1, -0.05) is 0 Å². The molecule has 0 aliphatic rings. The highest BCUT2D eigenvalue weighted by atomic mass is 32.2. The molecule has 1 N–H and O–H groups in total. The molecule has 0 spiro atoms. The molecule has 0 aromatic rings. The second-order valence-corrected chi connectivity index (χ2v) is 5.69. The first-order valence-electron chi connectivity index (χ1n) is 3.99. The van der Waals surface area contributed by atoms with Crippen molar-refractivity contribution >= 4 is 10.1 Å². The van der Waals surface area contributed by atoms with Crippen LogP contribution in [0.4, 0.5) is 0 Å². The van der Waals surface area contributed by atoms with Crippen molar-refractivity contribution in [1.82, 2.24) is 0 Å². The maximum atomic E-state index is 10.4. The zero-order chi connectivity index (χ0) is 10.7. The molecule has 0 radical (unpaired) electrons. The van der Waals surface area contributed by atoms with Crippen molar-refractivity contribution in [1.29, 1.82) is 0 Å². The summed E-state index contributed by atoms with van der Waals surface area (Å²) in [5.74, 6) is -0.957. The topological polar surface area (TPSA) is 77.4 Å². The normalized spacial score (nSPS) is 15.8. The zero-order valence-corrected chi connectivity index (χ0v) is 9.04. The van der Waals surface area contributed by atoms with Crippen LogP contribution >= 0.6 is 0 Å². The molecule has 80 valence electrons. The van der Waals surface area contributed by atoms with E-state index in [4.69, 9.17) is 5.11 Å². The van der Waals surface area contributed by atoms with E-state index in [-0.39, 0.29) is 6.61 Å². The minimum absolute atomic E-state index is 0.267. The Labute approximate surface area is 79.3 Å². The van der Waals surface area contributed by atoms with Crippen LogP contribution in [0.25, 0.3) is 0 Å². The van der Waals surface area contributed by atoms with Crippen molar-refractivity contribution in [3.63, 3.8) is 0 Å². The Morgan fingerprint density at radius 3 is 2.08 bits per heavy atom. The van der Waals surface area contributed by atoms with E-state index in [9.17, 15) is 13.0 Å². The van der Waals surface area contributed by atoms with Crippen molar-refractivity contribution in [3.05, 3.63) is 0 Å². The first-order chi connectivity index (χ1) is 5.64. The summed E-state index contributed by atoms with van der Waals surface area (Å²) >= 11 is 0. The number of nitrogens with zero attached hydrogens (tertiary/aromatic N) is 1. The van der Waals surface area contributed by atoms with Gasteiger partial charge in [-0.3, -0.25) is 0 Å². The van der Waals surface area contributed by atoms with Crippen molar-refractivity contribution in [3.8, 4) is 0 Å². The van der Waals surface area contributed by atoms with Crippen LogP contribution in [0, 0.1) is 5.92 Å². The fourth-order valence-corrected chi connectivity index (χ4v) is 2.01. The highest BCUT2D eigenvalue weighted by Crippen LogP contribution is 2.05. The van der Waals surface area contributed by atoms with Gasteiger partial charge in [0.25, 0.3) is 0 Å². The summed E-state index contributed by atoms with van der Waals surface area (Å²) < 4.78 is 31.8. The zero-order valence-electron chi connectivity index (χ0n) is 8.23. The minimum Gasteiger partial charge on any atom is -0.748 e. The lowest BCUT2D eigenvalue weighted by atomic mass is 10.2. The number of quaternary nitrogens is 1. The molecule has 0 aromatic heterocycles. The average molecular weight is 211 g/mol. The first-order valence-corrected chi connectivity index (χ1v) is 5.56. The summed E-state index contributed by atoms with van der Waals surface area (Å²) in [7, 11) is 1.40. The Hall–Kier alpha value is -0.170. The number of hydrogen-bond acceptors (Lipinski definition) is 4. The fourth-order valence-electron chi connectivity index (χ4n) is 1.23. The molecule has 0 amide bonds. The highest BCUT2D eigenvalue weighted by Gasteiger charge is 2.19. The molecule has 0 fully saturated rings. The van der Waals surface area contributed by atoms with Crippen LogP contribution < -0.4 is 0 Å². The third-order valence-electron chi connectivity index (χ3n) is 1.50. The molecule has 13 heavy (non-hydrogen) atoms. The summed E-state index contributed by atoms with van der Waals surface area (Å²) in [4.78, 5) is 0. The molecule has 0 saturated heterocycles. The second kappa shape index (κ2) is 4.36. The standard InChI is InChI=1S/C7H17NO4S/c1-8(2,3)4-7(5-9)6-13(10,11)12/h7,9H,4-6H2,1-3H3. The summed E-state index contributed by atoms with van der Waals surface area (Å²) in [6, 6.07) is 0. The summed E-state index contributed by atoms with van der Waals surface area (Å²) in [6.07, 6.45) is 0. The van der Waals surface area contributed by atoms with Crippen LogP contribution in [0.1, 0.15) is 0 Å². The molecule has 0 aliphatic heterocycles. The molecular formula is C7H17NO4S. The highest BCUT2D eigenvalue weighted by molar-refractivity contribution is 7.85. The van der Waals surface area contributed by atoms with Gasteiger partial charge in [0, 0.05) is 11.7 Å². The van der Waals surface area contributed by atoms with Gasteiger partial charge in [0.1, 0.15) is 0 Å². The number of hydrogen-bond donors (Lipinski definition) is 1. The quantitative estimate of drug-likeness (QED) is 0.460. The van der Waals surface area contributed by atoms with Gasteiger partial charge >= 0.3 is 0 Å². The maximum absolute atomic E-state index is 10.4. The Morgan fingerprint density at radius 1 is 1.38 bits per heavy atom. The van der Waals surface area contributed by atoms with Gasteiger partial charge in [0.05, 0.1) is 44.4 Å². The van der Waals surface area contributed by atoms with Gasteiger partial charge in [0.15, 0.2) is 0 Å². The molecule has 1 atom stereocenters. The maximum Gasteiger partial charge on any atom is 0.0951 e. The molecule has 0 bridgehead atoms. The van der Waals surface area contributed by atoms with Crippen molar-refractivity contribution in [2.75, 3.05) is 40.0 Å². The van der Waals surface area contributed by atoms with Gasteiger partial charge in [-0.05, 0) is 0 Å². The average Bonchev–Trinajstić information content (AvgIpc) is 1.79. The molecule has 0 rings (SSSR count). The largest absolute Gasteiger partial charge is 0.748 e. The molecular weight excluding hydrogens is 194 g/mol. The lowest BCUT2D eigenvalue weighted by molar-refractivity contribution is -0.873. The van der Waals surface area contributed by atoms with E-state index in [0.717, 1.165) is 0 Å². The predicted octanol–water partition coefficient (Wildman–Crippen LogP) is -1.15.